The highest BCUT2D eigenvalue weighted by Gasteiger charge is 2.39. The topological polar surface area (TPSA) is 199 Å². The lowest BCUT2D eigenvalue weighted by Crippen LogP contribution is -2.52. The normalized spacial score (nSPS) is 18.9. The van der Waals surface area contributed by atoms with E-state index in [9.17, 15) is 34.6 Å². The number of nitro benzene ring substituents is 2. The quantitative estimate of drug-likeness (QED) is 0.134. The minimum absolute atomic E-state index is 0.0172. The highest BCUT2D eigenvalue weighted by Crippen LogP contribution is 2.26. The van der Waals surface area contributed by atoms with Crippen molar-refractivity contribution in [2.24, 2.45) is 9.98 Å². The largest absolute Gasteiger partial charge is 0.443 e. The Balaban J connectivity index is 1.23. The Morgan fingerprint density at radius 2 is 1.36 bits per heavy atom. The molecule has 3 amide bonds. The Morgan fingerprint density at radius 3 is 1.85 bits per heavy atom. The first-order valence-corrected chi connectivity index (χ1v) is 15.3. The number of likely N-dealkylation sites (tertiary alicyclic amines) is 2. The van der Waals surface area contributed by atoms with Gasteiger partial charge in [-0.05, 0) is 68.5 Å². The van der Waals surface area contributed by atoms with Gasteiger partial charge >= 0.3 is 12.2 Å². The summed E-state index contributed by atoms with van der Waals surface area (Å²) in [5.41, 5.74) is 1.04. The molecule has 2 aliphatic heterocycles. The number of rotatable bonds is 8. The van der Waals surface area contributed by atoms with Gasteiger partial charge in [0.2, 0.25) is 5.91 Å². The fourth-order valence-corrected chi connectivity index (χ4v) is 5.68. The zero-order valence-corrected chi connectivity index (χ0v) is 26.7. The summed E-state index contributed by atoms with van der Waals surface area (Å²) in [6.45, 7) is 4.47. The minimum Gasteiger partial charge on any atom is -0.443 e. The number of amidine groups is 2. The molecule has 1 N–H and O–H groups in total. The fourth-order valence-electron chi connectivity index (χ4n) is 5.30. The van der Waals surface area contributed by atoms with Crippen molar-refractivity contribution >= 4 is 53.8 Å². The minimum atomic E-state index is -0.839. The zero-order chi connectivity index (χ0) is 34.1. The molecule has 0 bridgehead atoms. The summed E-state index contributed by atoms with van der Waals surface area (Å²) in [6, 6.07) is 10.8. The Labute approximate surface area is 275 Å². The number of benzene rings is 2. The third-order valence-electron chi connectivity index (χ3n) is 7.73. The lowest BCUT2D eigenvalue weighted by Gasteiger charge is -2.36. The number of non-ortho nitro benzene ring substituents is 2. The van der Waals surface area contributed by atoms with Crippen molar-refractivity contribution in [3.8, 4) is 0 Å². The number of thiol groups is 1. The van der Waals surface area contributed by atoms with Crippen LogP contribution in [0.5, 0.6) is 0 Å². The molecule has 4 rings (SSSR count). The molecular formula is C30H35N7O9S. The molecule has 0 aromatic heterocycles. The van der Waals surface area contributed by atoms with Crippen molar-refractivity contribution in [2.75, 3.05) is 19.6 Å². The van der Waals surface area contributed by atoms with Crippen molar-refractivity contribution in [2.45, 2.75) is 63.7 Å². The van der Waals surface area contributed by atoms with Crippen molar-refractivity contribution in [1.82, 2.24) is 15.1 Å². The highest BCUT2D eigenvalue weighted by atomic mass is 32.1. The maximum absolute atomic E-state index is 13.5. The van der Waals surface area contributed by atoms with E-state index in [1.807, 2.05) is 0 Å². The van der Waals surface area contributed by atoms with Gasteiger partial charge in [-0.1, -0.05) is 0 Å². The number of nitrogens with one attached hydrogen (secondary N) is 1. The van der Waals surface area contributed by atoms with Gasteiger partial charge in [0.1, 0.15) is 30.9 Å². The molecule has 0 aliphatic carbocycles. The molecule has 0 unspecified atom stereocenters. The summed E-state index contributed by atoms with van der Waals surface area (Å²) < 4.78 is 10.3. The van der Waals surface area contributed by atoms with E-state index in [1.54, 1.807) is 23.6 Å². The zero-order valence-electron chi connectivity index (χ0n) is 25.8. The SMILES string of the molecule is CC(=NC(=O)OCc1ccc([N+](=O)[O-])cc1)NC1CCN(C(=O)[C@@H]2C[C@H](S)CN2C(C)=NC(=O)OCc2ccc([N+](=O)[O-])cc2)CC1. The van der Waals surface area contributed by atoms with Crippen molar-refractivity contribution in [3.05, 3.63) is 79.9 Å². The summed E-state index contributed by atoms with van der Waals surface area (Å²) in [7, 11) is 0. The van der Waals surface area contributed by atoms with E-state index in [2.05, 4.69) is 27.9 Å². The third-order valence-corrected chi connectivity index (χ3v) is 8.10. The van der Waals surface area contributed by atoms with Crippen LogP contribution in [0.25, 0.3) is 0 Å². The Kier molecular flexibility index (Phi) is 11.8. The lowest BCUT2D eigenvalue weighted by molar-refractivity contribution is -0.385. The molecule has 2 fully saturated rings. The van der Waals surface area contributed by atoms with Gasteiger partial charge in [0.25, 0.3) is 11.4 Å². The third kappa shape index (κ3) is 9.96. The van der Waals surface area contributed by atoms with Crippen molar-refractivity contribution in [3.63, 3.8) is 0 Å². The number of hydrogen-bond donors (Lipinski definition) is 2. The molecule has 0 radical (unpaired) electrons. The number of hydrogen-bond acceptors (Lipinski definition) is 10. The van der Waals surface area contributed by atoms with Crippen molar-refractivity contribution in [1.29, 1.82) is 0 Å². The number of aliphatic imine (C=N–C) groups is 2. The molecule has 0 saturated carbocycles. The second kappa shape index (κ2) is 16.0. The number of carbonyl (C=O) groups excluding carboxylic acids is 3. The van der Waals surface area contributed by atoms with Crippen LogP contribution in [-0.2, 0) is 27.5 Å². The van der Waals surface area contributed by atoms with Crippen LogP contribution in [0.15, 0.2) is 58.5 Å². The number of piperidine rings is 1. The highest BCUT2D eigenvalue weighted by molar-refractivity contribution is 7.81. The molecule has 2 atom stereocenters. The summed E-state index contributed by atoms with van der Waals surface area (Å²) in [5.74, 6) is 0.613. The van der Waals surface area contributed by atoms with E-state index in [0.717, 1.165) is 0 Å². The number of nitrogens with zero attached hydrogens (tertiary/aromatic N) is 6. The van der Waals surface area contributed by atoms with Crippen LogP contribution >= 0.6 is 12.6 Å². The second-order valence-corrected chi connectivity index (χ2v) is 11.8. The summed E-state index contributed by atoms with van der Waals surface area (Å²) in [6.07, 6.45) is 0.0912. The van der Waals surface area contributed by atoms with Gasteiger partial charge in [-0.3, -0.25) is 25.0 Å². The first-order chi connectivity index (χ1) is 22.4. The molecule has 0 spiro atoms. The molecule has 2 aromatic carbocycles. The predicted octanol–water partition coefficient (Wildman–Crippen LogP) is 4.27. The van der Waals surface area contributed by atoms with Gasteiger partial charge in [0.05, 0.1) is 9.85 Å². The van der Waals surface area contributed by atoms with Crippen molar-refractivity contribution < 1.29 is 33.7 Å². The first kappa shape index (κ1) is 34.8. The molecule has 47 heavy (non-hydrogen) atoms. The standard InChI is InChI=1S/C30H35N7O9S/c1-19(32-29(39)45-17-21-3-7-24(8-4-21)36(41)42)31-23-11-13-34(14-12-23)28(38)27-15-26(47)16-35(27)20(2)33-30(40)46-18-22-5-9-25(10-6-22)37(43)44/h3-10,23,26-27,47H,11-18H2,1-2H3,(H,31,32,39)/t26-,27-/m0/s1. The smallest absolute Gasteiger partial charge is 0.435 e. The van der Waals surface area contributed by atoms with Gasteiger partial charge in [0, 0.05) is 55.2 Å². The monoisotopic (exact) mass is 669 g/mol. The van der Waals surface area contributed by atoms with Crippen LogP contribution in [0.1, 0.15) is 44.2 Å². The molecule has 2 aliphatic rings. The molecule has 2 aromatic rings. The molecule has 2 heterocycles. The van der Waals surface area contributed by atoms with Gasteiger partial charge in [-0.25, -0.2) is 9.59 Å². The number of carbonyl (C=O) groups is 3. The van der Waals surface area contributed by atoms with Crippen LogP contribution in [0, 0.1) is 20.2 Å². The van der Waals surface area contributed by atoms with E-state index in [0.29, 0.717) is 61.7 Å². The van der Waals surface area contributed by atoms with Crippen LogP contribution in [0.2, 0.25) is 0 Å². The van der Waals surface area contributed by atoms with E-state index in [-0.39, 0.29) is 41.8 Å². The Morgan fingerprint density at radius 1 is 0.872 bits per heavy atom. The summed E-state index contributed by atoms with van der Waals surface area (Å²) in [5, 5.41) is 24.7. The predicted molar refractivity (Wildman–Crippen MR) is 173 cm³/mol. The van der Waals surface area contributed by atoms with E-state index >= 15 is 0 Å². The maximum Gasteiger partial charge on any atom is 0.435 e. The summed E-state index contributed by atoms with van der Waals surface area (Å²) in [4.78, 5) is 70.1. The average Bonchev–Trinajstić information content (AvgIpc) is 3.44. The average molecular weight is 670 g/mol. The van der Waals surface area contributed by atoms with Gasteiger partial charge < -0.3 is 24.6 Å². The van der Waals surface area contributed by atoms with Gasteiger partial charge in [-0.2, -0.15) is 22.6 Å². The molecular weight excluding hydrogens is 634 g/mol. The molecule has 16 nitrogen and oxygen atoms in total. The van der Waals surface area contributed by atoms with Crippen LogP contribution < -0.4 is 5.32 Å². The molecule has 250 valence electrons. The number of amides is 3. The van der Waals surface area contributed by atoms with E-state index in [4.69, 9.17) is 9.47 Å². The molecule has 2 saturated heterocycles. The lowest BCUT2D eigenvalue weighted by atomic mass is 10.0. The van der Waals surface area contributed by atoms with Gasteiger partial charge in [0.15, 0.2) is 0 Å². The van der Waals surface area contributed by atoms with Gasteiger partial charge in [-0.15, -0.1) is 0 Å². The fraction of sp³-hybridized carbons (Fsp3) is 0.433. The van der Waals surface area contributed by atoms with E-state index < -0.39 is 28.1 Å². The number of nitro groups is 2. The first-order valence-electron chi connectivity index (χ1n) is 14.8. The maximum atomic E-state index is 13.5. The van der Waals surface area contributed by atoms with Crippen LogP contribution in [-0.4, -0.2) is 86.4 Å². The van der Waals surface area contributed by atoms with E-state index in [1.165, 1.54) is 48.5 Å². The van der Waals surface area contributed by atoms with Crippen LogP contribution in [0.4, 0.5) is 21.0 Å². The Bertz CT molecular complexity index is 1540. The second-order valence-electron chi connectivity index (χ2n) is 11.1. The Hall–Kier alpha value is -5.06. The molecule has 17 heteroatoms. The summed E-state index contributed by atoms with van der Waals surface area (Å²) >= 11 is 4.58. The number of ether oxygens (including phenoxy) is 2. The van der Waals surface area contributed by atoms with Crippen LogP contribution in [0.3, 0.4) is 0 Å².